The number of carbonyl (C=O) groups excluding carboxylic acids is 3. The molecule has 1 aromatic carbocycles. The van der Waals surface area contributed by atoms with Crippen molar-refractivity contribution in [3.05, 3.63) is 34.9 Å². The summed E-state index contributed by atoms with van der Waals surface area (Å²) in [4.78, 5) is 39.6. The van der Waals surface area contributed by atoms with Crippen LogP contribution in [0.25, 0.3) is 0 Å². The normalized spacial score (nSPS) is 21.7. The van der Waals surface area contributed by atoms with Crippen molar-refractivity contribution in [2.75, 3.05) is 19.6 Å². The van der Waals surface area contributed by atoms with E-state index in [9.17, 15) is 14.4 Å². The molecule has 2 aliphatic heterocycles. The molecule has 110 valence electrons. The van der Waals surface area contributed by atoms with E-state index in [0.717, 1.165) is 6.42 Å². The largest absolute Gasteiger partial charge is 0.329 e. The minimum absolute atomic E-state index is 0.0223. The predicted octanol–water partition coefficient (Wildman–Crippen LogP) is 1.36. The molecule has 0 saturated carbocycles. The van der Waals surface area contributed by atoms with Gasteiger partial charge in [0.2, 0.25) is 11.8 Å². The summed E-state index contributed by atoms with van der Waals surface area (Å²) in [6.07, 6.45) is 1.52. The zero-order chi connectivity index (χ0) is 15.0. The van der Waals surface area contributed by atoms with E-state index >= 15 is 0 Å². The molecule has 2 saturated heterocycles. The Morgan fingerprint density at radius 3 is 2.81 bits per heavy atom. The summed E-state index contributed by atoms with van der Waals surface area (Å²) in [6, 6.07) is 6.34. The van der Waals surface area contributed by atoms with Crippen molar-refractivity contribution in [2.45, 2.75) is 18.9 Å². The monoisotopic (exact) mass is 306 g/mol. The number of rotatable bonds is 3. The standard InChI is InChI=1S/C15H15ClN2O3/c16-11-5-2-1-4-10(11)13(19)8-17-9-14(20)18-7-3-6-12(18)15(17)21/h1-2,4-5,12H,3,6-9H2. The van der Waals surface area contributed by atoms with Gasteiger partial charge in [-0.3, -0.25) is 14.4 Å². The van der Waals surface area contributed by atoms with Crippen molar-refractivity contribution < 1.29 is 14.4 Å². The van der Waals surface area contributed by atoms with Crippen molar-refractivity contribution in [3.8, 4) is 0 Å². The van der Waals surface area contributed by atoms with E-state index in [4.69, 9.17) is 11.6 Å². The number of Topliss-reactive ketones (excluding diaryl/α,β-unsaturated/α-hetero) is 1. The number of benzene rings is 1. The zero-order valence-corrected chi connectivity index (χ0v) is 12.2. The van der Waals surface area contributed by atoms with Crippen molar-refractivity contribution in [1.29, 1.82) is 0 Å². The predicted molar refractivity (Wildman–Crippen MR) is 77.1 cm³/mol. The molecule has 0 bridgehead atoms. The Hall–Kier alpha value is -1.88. The first-order valence-electron chi connectivity index (χ1n) is 6.94. The van der Waals surface area contributed by atoms with Crippen LogP contribution >= 0.6 is 11.6 Å². The molecule has 0 aliphatic carbocycles. The van der Waals surface area contributed by atoms with Gasteiger partial charge in [0.05, 0.1) is 11.6 Å². The molecule has 1 unspecified atom stereocenters. The number of hydrogen-bond donors (Lipinski definition) is 0. The third-order valence-electron chi connectivity index (χ3n) is 4.00. The van der Waals surface area contributed by atoms with Crippen LogP contribution in [-0.4, -0.2) is 53.1 Å². The van der Waals surface area contributed by atoms with Gasteiger partial charge in [-0.2, -0.15) is 0 Å². The highest BCUT2D eigenvalue weighted by Crippen LogP contribution is 2.24. The molecule has 2 amide bonds. The first-order valence-corrected chi connectivity index (χ1v) is 7.31. The molecule has 0 aromatic heterocycles. The quantitative estimate of drug-likeness (QED) is 0.792. The van der Waals surface area contributed by atoms with E-state index in [1.54, 1.807) is 29.2 Å². The van der Waals surface area contributed by atoms with E-state index < -0.39 is 0 Å². The Kier molecular flexibility index (Phi) is 3.68. The van der Waals surface area contributed by atoms with Crippen LogP contribution in [0.5, 0.6) is 0 Å². The van der Waals surface area contributed by atoms with Crippen LogP contribution in [0.3, 0.4) is 0 Å². The molecule has 2 aliphatic rings. The highest BCUT2D eigenvalue weighted by Gasteiger charge is 2.42. The fourth-order valence-electron chi connectivity index (χ4n) is 2.94. The number of hydrogen-bond acceptors (Lipinski definition) is 3. The lowest BCUT2D eigenvalue weighted by atomic mass is 10.1. The second-order valence-corrected chi connectivity index (χ2v) is 5.75. The van der Waals surface area contributed by atoms with Gasteiger partial charge in [0, 0.05) is 12.1 Å². The Labute approximate surface area is 127 Å². The highest BCUT2D eigenvalue weighted by atomic mass is 35.5. The maximum absolute atomic E-state index is 12.4. The average molecular weight is 307 g/mol. The number of ketones is 1. The minimum atomic E-state index is -0.384. The topological polar surface area (TPSA) is 57.7 Å². The Balaban J connectivity index is 1.76. The van der Waals surface area contributed by atoms with Crippen LogP contribution in [0.15, 0.2) is 24.3 Å². The first kappa shape index (κ1) is 14.1. The van der Waals surface area contributed by atoms with Gasteiger partial charge in [-0.15, -0.1) is 0 Å². The molecule has 2 fully saturated rings. The van der Waals surface area contributed by atoms with Crippen molar-refractivity contribution >= 4 is 29.2 Å². The van der Waals surface area contributed by atoms with Gasteiger partial charge < -0.3 is 9.80 Å². The van der Waals surface area contributed by atoms with Crippen LogP contribution in [0, 0.1) is 0 Å². The smallest absolute Gasteiger partial charge is 0.246 e. The van der Waals surface area contributed by atoms with Crippen LogP contribution in [0.4, 0.5) is 0 Å². The lowest BCUT2D eigenvalue weighted by Crippen LogP contribution is -2.58. The van der Waals surface area contributed by atoms with Gasteiger partial charge in [0.1, 0.15) is 12.6 Å². The van der Waals surface area contributed by atoms with Crippen molar-refractivity contribution in [2.24, 2.45) is 0 Å². The number of piperazine rings is 1. The lowest BCUT2D eigenvalue weighted by Gasteiger charge is -2.36. The first-order chi connectivity index (χ1) is 10.1. The molecule has 0 radical (unpaired) electrons. The summed E-state index contributed by atoms with van der Waals surface area (Å²) in [6.45, 7) is 0.520. The van der Waals surface area contributed by atoms with Gasteiger partial charge in [0.25, 0.3) is 0 Å². The molecule has 2 heterocycles. The van der Waals surface area contributed by atoms with E-state index in [-0.39, 0.29) is 36.7 Å². The summed E-state index contributed by atoms with van der Waals surface area (Å²) in [5.41, 5.74) is 0.383. The SMILES string of the molecule is O=C(CN1CC(=O)N2CCCC2C1=O)c1ccccc1Cl. The fourth-order valence-corrected chi connectivity index (χ4v) is 3.19. The van der Waals surface area contributed by atoms with E-state index in [2.05, 4.69) is 0 Å². The summed E-state index contributed by atoms with van der Waals surface area (Å²) in [7, 11) is 0. The molecular weight excluding hydrogens is 292 g/mol. The van der Waals surface area contributed by atoms with Gasteiger partial charge in [-0.1, -0.05) is 23.7 Å². The molecule has 0 spiro atoms. The lowest BCUT2D eigenvalue weighted by molar-refractivity contribution is -0.152. The van der Waals surface area contributed by atoms with Crippen LogP contribution in [0.2, 0.25) is 5.02 Å². The summed E-state index contributed by atoms with van der Waals surface area (Å²) in [5.74, 6) is -0.454. The summed E-state index contributed by atoms with van der Waals surface area (Å²) >= 11 is 5.99. The van der Waals surface area contributed by atoms with Gasteiger partial charge in [-0.05, 0) is 25.0 Å². The van der Waals surface area contributed by atoms with Gasteiger partial charge in [-0.25, -0.2) is 0 Å². The second kappa shape index (κ2) is 5.48. The van der Waals surface area contributed by atoms with Crippen LogP contribution in [-0.2, 0) is 9.59 Å². The molecule has 0 N–H and O–H groups in total. The molecule has 1 atom stereocenters. The number of fused-ring (bicyclic) bond motifs is 1. The second-order valence-electron chi connectivity index (χ2n) is 5.34. The van der Waals surface area contributed by atoms with E-state index in [0.29, 0.717) is 23.6 Å². The highest BCUT2D eigenvalue weighted by molar-refractivity contribution is 6.34. The third-order valence-corrected chi connectivity index (χ3v) is 4.33. The van der Waals surface area contributed by atoms with Gasteiger partial charge in [0.15, 0.2) is 5.78 Å². The van der Waals surface area contributed by atoms with E-state index in [1.165, 1.54) is 4.90 Å². The van der Waals surface area contributed by atoms with Gasteiger partial charge >= 0.3 is 0 Å². The Morgan fingerprint density at radius 1 is 1.29 bits per heavy atom. The molecule has 6 heteroatoms. The minimum Gasteiger partial charge on any atom is -0.329 e. The summed E-state index contributed by atoms with van der Waals surface area (Å²) < 4.78 is 0. The van der Waals surface area contributed by atoms with Crippen molar-refractivity contribution in [3.63, 3.8) is 0 Å². The zero-order valence-electron chi connectivity index (χ0n) is 11.4. The number of carbonyl (C=O) groups is 3. The number of halogens is 1. The average Bonchev–Trinajstić information content (AvgIpc) is 2.95. The molecule has 5 nitrogen and oxygen atoms in total. The molecule has 1 aromatic rings. The molecule has 3 rings (SSSR count). The fraction of sp³-hybridized carbons (Fsp3) is 0.400. The molecule has 21 heavy (non-hydrogen) atoms. The number of amides is 2. The Morgan fingerprint density at radius 2 is 2.05 bits per heavy atom. The maximum Gasteiger partial charge on any atom is 0.246 e. The van der Waals surface area contributed by atoms with E-state index in [1.807, 2.05) is 0 Å². The van der Waals surface area contributed by atoms with Crippen molar-refractivity contribution in [1.82, 2.24) is 9.80 Å². The maximum atomic E-state index is 12.4. The molecular formula is C15H15ClN2O3. The Bertz CT molecular complexity index is 617. The van der Waals surface area contributed by atoms with Crippen LogP contribution < -0.4 is 0 Å². The summed E-state index contributed by atoms with van der Waals surface area (Å²) in [5, 5.41) is 0.362. The third kappa shape index (κ3) is 2.53. The van der Waals surface area contributed by atoms with Crippen LogP contribution in [0.1, 0.15) is 23.2 Å². The number of nitrogens with zero attached hydrogens (tertiary/aromatic N) is 2.